The van der Waals surface area contributed by atoms with E-state index in [2.05, 4.69) is 41.3 Å². The van der Waals surface area contributed by atoms with Crippen LogP contribution in [-0.4, -0.2) is 42.4 Å². The summed E-state index contributed by atoms with van der Waals surface area (Å²) in [6.45, 7) is 5.14. The highest BCUT2D eigenvalue weighted by atomic mass is 32.1. The van der Waals surface area contributed by atoms with Gasteiger partial charge in [0.2, 0.25) is 5.91 Å². The predicted octanol–water partition coefficient (Wildman–Crippen LogP) is 5.37. The molecule has 2 aliphatic heterocycles. The average molecular weight is 486 g/mol. The van der Waals surface area contributed by atoms with Gasteiger partial charge in [-0.25, -0.2) is 0 Å². The van der Waals surface area contributed by atoms with E-state index in [1.165, 1.54) is 11.1 Å². The molecule has 0 aliphatic carbocycles. The van der Waals surface area contributed by atoms with Gasteiger partial charge in [0.25, 0.3) is 5.91 Å². The van der Waals surface area contributed by atoms with E-state index in [1.54, 1.807) is 24.3 Å². The summed E-state index contributed by atoms with van der Waals surface area (Å²) in [5.41, 5.74) is 5.34. The largest absolute Gasteiger partial charge is 0.312 e. The van der Waals surface area contributed by atoms with Crippen molar-refractivity contribution in [2.24, 2.45) is 0 Å². The summed E-state index contributed by atoms with van der Waals surface area (Å²) in [5, 5.41) is 4.05. The van der Waals surface area contributed by atoms with Crippen molar-refractivity contribution in [2.75, 3.05) is 29.4 Å². The molecule has 5 nitrogen and oxygen atoms in total. The summed E-state index contributed by atoms with van der Waals surface area (Å²) in [5.74, 6) is 0.0374. The number of amides is 2. The quantitative estimate of drug-likeness (QED) is 0.441. The van der Waals surface area contributed by atoms with Crippen molar-refractivity contribution in [2.45, 2.75) is 38.8 Å². The van der Waals surface area contributed by atoms with Gasteiger partial charge in [0, 0.05) is 56.6 Å². The van der Waals surface area contributed by atoms with Crippen LogP contribution in [0.5, 0.6) is 0 Å². The van der Waals surface area contributed by atoms with Crippen LogP contribution < -0.4 is 9.80 Å². The van der Waals surface area contributed by atoms with E-state index in [4.69, 9.17) is 0 Å². The van der Waals surface area contributed by atoms with Crippen LogP contribution in [0.4, 0.5) is 11.4 Å². The van der Waals surface area contributed by atoms with Crippen LogP contribution in [-0.2, 0) is 22.6 Å². The molecule has 0 unspecified atom stereocenters. The van der Waals surface area contributed by atoms with Gasteiger partial charge >= 0.3 is 0 Å². The molecule has 1 saturated heterocycles. The minimum absolute atomic E-state index is 0.00923. The topological polar surface area (TPSA) is 43.9 Å². The van der Waals surface area contributed by atoms with Crippen LogP contribution in [0.3, 0.4) is 0 Å². The number of fused-ring (bicyclic) bond motifs is 1. The van der Waals surface area contributed by atoms with Crippen molar-refractivity contribution in [3.8, 4) is 0 Å². The Balaban J connectivity index is 1.38. The van der Waals surface area contributed by atoms with Crippen molar-refractivity contribution < 1.29 is 9.59 Å². The number of carbonyl (C=O) groups is 2. The van der Waals surface area contributed by atoms with Crippen LogP contribution in [0.2, 0.25) is 0 Å². The number of thiophene rings is 1. The molecule has 2 aromatic carbocycles. The second kappa shape index (κ2) is 10.6. The molecule has 0 saturated carbocycles. The zero-order valence-electron chi connectivity index (χ0n) is 20.1. The van der Waals surface area contributed by atoms with Crippen molar-refractivity contribution in [3.05, 3.63) is 88.1 Å². The van der Waals surface area contributed by atoms with Crippen molar-refractivity contribution >= 4 is 40.6 Å². The normalized spacial score (nSPS) is 16.5. The predicted molar refractivity (Wildman–Crippen MR) is 144 cm³/mol. The maximum Gasteiger partial charge on any atom is 0.251 e. The molecular formula is C29H31N3O2S. The molecule has 5 rings (SSSR count). The Morgan fingerprint density at radius 1 is 1.06 bits per heavy atom. The standard InChI is InChI=1S/C29H31N3O2S/c1-22(33)31-17-11-25-8-9-27(19-28(25)31)32(29(34)10-7-24-14-18-35-21-24)26-12-15-30(16-13-26)20-23-5-3-2-4-6-23/h2-10,14,18-19,21,26H,11-13,15-17,20H2,1H3. The molecule has 0 spiro atoms. The van der Waals surface area contributed by atoms with E-state index in [0.29, 0.717) is 6.54 Å². The van der Waals surface area contributed by atoms with Gasteiger partial charge in [-0.05, 0) is 71.0 Å². The Morgan fingerprint density at radius 2 is 1.86 bits per heavy atom. The van der Waals surface area contributed by atoms with Gasteiger partial charge in [0.15, 0.2) is 0 Å². The van der Waals surface area contributed by atoms with Crippen LogP contribution >= 0.6 is 11.3 Å². The number of hydrogen-bond donors (Lipinski definition) is 0. The van der Waals surface area contributed by atoms with Crippen molar-refractivity contribution in [1.29, 1.82) is 0 Å². The summed E-state index contributed by atoms with van der Waals surface area (Å²) < 4.78 is 0. The number of rotatable bonds is 6. The first-order valence-corrected chi connectivity index (χ1v) is 13.2. The monoisotopic (exact) mass is 485 g/mol. The number of anilines is 2. The summed E-state index contributed by atoms with van der Waals surface area (Å²) >= 11 is 1.62. The molecule has 1 fully saturated rings. The fourth-order valence-corrected chi connectivity index (χ4v) is 5.79. The van der Waals surface area contributed by atoms with Gasteiger partial charge in [0.05, 0.1) is 0 Å². The third kappa shape index (κ3) is 5.39. The Labute approximate surface area is 211 Å². The smallest absolute Gasteiger partial charge is 0.251 e. The number of benzene rings is 2. The molecule has 0 bridgehead atoms. The molecule has 3 aromatic rings. The minimum Gasteiger partial charge on any atom is -0.312 e. The number of carbonyl (C=O) groups excluding carboxylic acids is 2. The summed E-state index contributed by atoms with van der Waals surface area (Å²) in [6.07, 6.45) is 6.27. The second-order valence-electron chi connectivity index (χ2n) is 9.32. The third-order valence-corrected chi connectivity index (χ3v) is 7.69. The van der Waals surface area contributed by atoms with Gasteiger partial charge in [-0.1, -0.05) is 36.4 Å². The van der Waals surface area contributed by atoms with E-state index < -0.39 is 0 Å². The van der Waals surface area contributed by atoms with E-state index >= 15 is 0 Å². The lowest BCUT2D eigenvalue weighted by Gasteiger charge is -2.38. The van der Waals surface area contributed by atoms with E-state index in [1.807, 2.05) is 44.8 Å². The zero-order chi connectivity index (χ0) is 24.2. The first-order chi connectivity index (χ1) is 17.1. The highest BCUT2D eigenvalue weighted by Crippen LogP contribution is 2.34. The van der Waals surface area contributed by atoms with Gasteiger partial charge in [-0.2, -0.15) is 11.3 Å². The highest BCUT2D eigenvalue weighted by molar-refractivity contribution is 7.08. The van der Waals surface area contributed by atoms with E-state index in [0.717, 1.165) is 55.8 Å². The number of nitrogens with zero attached hydrogens (tertiary/aromatic N) is 3. The maximum absolute atomic E-state index is 13.6. The molecule has 3 heterocycles. The first-order valence-electron chi connectivity index (χ1n) is 12.3. The third-order valence-electron chi connectivity index (χ3n) is 6.99. The van der Waals surface area contributed by atoms with Gasteiger partial charge in [-0.3, -0.25) is 14.5 Å². The molecule has 0 atom stereocenters. The summed E-state index contributed by atoms with van der Waals surface area (Å²) in [4.78, 5) is 32.0. The lowest BCUT2D eigenvalue weighted by molar-refractivity contribution is -0.116. The van der Waals surface area contributed by atoms with Crippen molar-refractivity contribution in [3.63, 3.8) is 0 Å². The van der Waals surface area contributed by atoms with Crippen LogP contribution in [0.1, 0.15) is 36.5 Å². The Morgan fingerprint density at radius 3 is 2.57 bits per heavy atom. The number of piperidine rings is 1. The lowest BCUT2D eigenvalue weighted by Crippen LogP contribution is -2.47. The highest BCUT2D eigenvalue weighted by Gasteiger charge is 2.30. The Bertz CT molecular complexity index is 1200. The van der Waals surface area contributed by atoms with Crippen LogP contribution in [0.15, 0.2) is 71.4 Å². The summed E-state index contributed by atoms with van der Waals surface area (Å²) in [6, 6.07) is 18.9. The molecule has 35 heavy (non-hydrogen) atoms. The first kappa shape index (κ1) is 23.5. The lowest BCUT2D eigenvalue weighted by atomic mass is 10.0. The maximum atomic E-state index is 13.6. The molecule has 2 aliphatic rings. The minimum atomic E-state index is -0.00923. The fourth-order valence-electron chi connectivity index (χ4n) is 5.16. The van der Waals surface area contributed by atoms with E-state index in [9.17, 15) is 9.59 Å². The Hall–Kier alpha value is -3.22. The van der Waals surface area contributed by atoms with Gasteiger partial charge < -0.3 is 9.80 Å². The average Bonchev–Trinajstić information content (AvgIpc) is 3.54. The van der Waals surface area contributed by atoms with E-state index in [-0.39, 0.29) is 17.9 Å². The van der Waals surface area contributed by atoms with Gasteiger partial charge in [0.1, 0.15) is 0 Å². The Kier molecular flexibility index (Phi) is 7.11. The molecule has 180 valence electrons. The molecule has 0 radical (unpaired) electrons. The fraction of sp³-hybridized carbons (Fsp3) is 0.310. The zero-order valence-corrected chi connectivity index (χ0v) is 20.9. The second-order valence-corrected chi connectivity index (χ2v) is 10.1. The molecule has 2 amide bonds. The van der Waals surface area contributed by atoms with Crippen LogP contribution in [0.25, 0.3) is 6.08 Å². The number of hydrogen-bond acceptors (Lipinski definition) is 4. The van der Waals surface area contributed by atoms with Gasteiger partial charge in [-0.15, -0.1) is 0 Å². The SMILES string of the molecule is CC(=O)N1CCc2ccc(N(C(=O)C=Cc3ccsc3)C3CCN(Cc4ccccc4)CC3)cc21. The number of likely N-dealkylation sites (tertiary alicyclic amines) is 1. The van der Waals surface area contributed by atoms with Crippen molar-refractivity contribution in [1.82, 2.24) is 4.90 Å². The summed E-state index contributed by atoms with van der Waals surface area (Å²) in [7, 11) is 0. The molecule has 6 heteroatoms. The van der Waals surface area contributed by atoms with Crippen LogP contribution in [0, 0.1) is 0 Å². The molecule has 0 N–H and O–H groups in total. The molecule has 1 aromatic heterocycles. The molecular weight excluding hydrogens is 454 g/mol.